The summed E-state index contributed by atoms with van der Waals surface area (Å²) in [5.74, 6) is 0.0115. The standard InChI is InChI=1S/C27H27NO2/c1-15(2)16-9-11-17(12-10-16)22-23-20(13-27(3,4)14-21(23)29)28-25-18-7-5-6-8-19(18)26(30)24(22)25/h5-12,15,22,24H,13-14H2,1-4H3. The maximum Gasteiger partial charge on any atom is 0.173 e. The van der Waals surface area contributed by atoms with Crippen molar-refractivity contribution in [2.24, 2.45) is 16.3 Å². The molecule has 2 aromatic rings. The van der Waals surface area contributed by atoms with Gasteiger partial charge in [-0.25, -0.2) is 0 Å². The highest BCUT2D eigenvalue weighted by molar-refractivity contribution is 6.30. The molecule has 3 nitrogen and oxygen atoms in total. The molecule has 1 aliphatic heterocycles. The molecule has 152 valence electrons. The molecular weight excluding hydrogens is 370 g/mol. The lowest BCUT2D eigenvalue weighted by molar-refractivity contribution is -0.118. The molecule has 0 amide bonds. The van der Waals surface area contributed by atoms with Crippen molar-refractivity contribution in [2.45, 2.75) is 52.4 Å². The minimum Gasteiger partial charge on any atom is -0.294 e. The van der Waals surface area contributed by atoms with Gasteiger partial charge < -0.3 is 0 Å². The Kier molecular flexibility index (Phi) is 4.22. The molecule has 3 aliphatic rings. The van der Waals surface area contributed by atoms with Gasteiger partial charge in [-0.1, -0.05) is 76.2 Å². The first kappa shape index (κ1) is 19.2. The molecule has 0 saturated heterocycles. The number of aliphatic imine (C=N–C) groups is 1. The molecule has 0 saturated carbocycles. The van der Waals surface area contributed by atoms with Gasteiger partial charge in [-0.15, -0.1) is 0 Å². The number of hydrogen-bond donors (Lipinski definition) is 0. The van der Waals surface area contributed by atoms with Crippen molar-refractivity contribution in [3.63, 3.8) is 0 Å². The third-order valence-corrected chi connectivity index (χ3v) is 6.80. The summed E-state index contributed by atoms with van der Waals surface area (Å²) in [6.45, 7) is 8.60. The van der Waals surface area contributed by atoms with E-state index in [0.717, 1.165) is 40.1 Å². The number of nitrogens with zero attached hydrogens (tertiary/aromatic N) is 1. The Morgan fingerprint density at radius 2 is 1.57 bits per heavy atom. The largest absolute Gasteiger partial charge is 0.294 e. The zero-order chi connectivity index (χ0) is 21.2. The van der Waals surface area contributed by atoms with Crippen LogP contribution in [0.15, 0.2) is 64.8 Å². The van der Waals surface area contributed by atoms with E-state index in [-0.39, 0.29) is 22.9 Å². The first-order valence-corrected chi connectivity index (χ1v) is 10.8. The van der Waals surface area contributed by atoms with Crippen LogP contribution in [-0.2, 0) is 4.79 Å². The molecule has 2 unspecified atom stereocenters. The van der Waals surface area contributed by atoms with Crippen LogP contribution >= 0.6 is 0 Å². The fourth-order valence-corrected chi connectivity index (χ4v) is 5.33. The monoisotopic (exact) mass is 397 g/mol. The summed E-state index contributed by atoms with van der Waals surface area (Å²) in [7, 11) is 0. The van der Waals surface area contributed by atoms with E-state index in [1.54, 1.807) is 0 Å². The highest BCUT2D eigenvalue weighted by Gasteiger charge is 2.50. The summed E-state index contributed by atoms with van der Waals surface area (Å²) in [4.78, 5) is 31.8. The van der Waals surface area contributed by atoms with Crippen molar-refractivity contribution in [1.29, 1.82) is 0 Å². The summed E-state index contributed by atoms with van der Waals surface area (Å²) < 4.78 is 0. The van der Waals surface area contributed by atoms with Gasteiger partial charge in [-0.2, -0.15) is 0 Å². The average molecular weight is 398 g/mol. The van der Waals surface area contributed by atoms with E-state index in [1.807, 2.05) is 24.3 Å². The lowest BCUT2D eigenvalue weighted by atomic mass is 9.66. The number of Topliss-reactive ketones (excluding diaryl/α,β-unsaturated/α-hetero) is 2. The number of fused-ring (bicyclic) bond motifs is 3. The van der Waals surface area contributed by atoms with E-state index < -0.39 is 5.92 Å². The van der Waals surface area contributed by atoms with Crippen LogP contribution in [0.2, 0.25) is 0 Å². The summed E-state index contributed by atoms with van der Waals surface area (Å²) >= 11 is 0. The number of benzene rings is 2. The summed E-state index contributed by atoms with van der Waals surface area (Å²) in [5.41, 5.74) is 6.34. The molecule has 3 heteroatoms. The molecule has 2 aromatic carbocycles. The maximum atomic E-state index is 13.5. The van der Waals surface area contributed by atoms with Gasteiger partial charge in [0.05, 0.1) is 11.6 Å². The fourth-order valence-electron chi connectivity index (χ4n) is 5.33. The Morgan fingerprint density at radius 3 is 2.23 bits per heavy atom. The van der Waals surface area contributed by atoms with Gasteiger partial charge in [0, 0.05) is 34.7 Å². The van der Waals surface area contributed by atoms with Crippen molar-refractivity contribution in [3.8, 4) is 0 Å². The van der Waals surface area contributed by atoms with Crippen LogP contribution in [0.4, 0.5) is 0 Å². The molecule has 0 radical (unpaired) electrons. The third-order valence-electron chi connectivity index (χ3n) is 6.80. The first-order chi connectivity index (χ1) is 14.3. The zero-order valence-electron chi connectivity index (χ0n) is 18.0. The highest BCUT2D eigenvalue weighted by Crippen LogP contribution is 2.51. The van der Waals surface area contributed by atoms with E-state index in [1.165, 1.54) is 5.56 Å². The van der Waals surface area contributed by atoms with Crippen LogP contribution < -0.4 is 0 Å². The molecule has 2 aliphatic carbocycles. The van der Waals surface area contributed by atoms with E-state index in [2.05, 4.69) is 52.0 Å². The molecule has 2 atom stereocenters. The Balaban J connectivity index is 1.72. The molecule has 0 fully saturated rings. The number of hydrogen-bond acceptors (Lipinski definition) is 3. The second-order valence-electron chi connectivity index (χ2n) is 9.98. The van der Waals surface area contributed by atoms with Crippen LogP contribution in [0, 0.1) is 11.3 Å². The van der Waals surface area contributed by atoms with Gasteiger partial charge in [0.15, 0.2) is 11.6 Å². The predicted octanol–water partition coefficient (Wildman–Crippen LogP) is 5.85. The number of rotatable bonds is 2. The van der Waals surface area contributed by atoms with Crippen LogP contribution in [0.5, 0.6) is 0 Å². The van der Waals surface area contributed by atoms with Gasteiger partial charge in [0.1, 0.15) is 0 Å². The van der Waals surface area contributed by atoms with Crippen molar-refractivity contribution in [3.05, 3.63) is 82.1 Å². The maximum absolute atomic E-state index is 13.5. The van der Waals surface area contributed by atoms with Crippen LogP contribution in [0.1, 0.15) is 79.4 Å². The molecular formula is C27H27NO2. The molecule has 5 rings (SSSR count). The van der Waals surface area contributed by atoms with Gasteiger partial charge in [-0.05, 0) is 28.9 Å². The van der Waals surface area contributed by atoms with E-state index >= 15 is 0 Å². The number of carbonyl (C=O) groups is 2. The average Bonchev–Trinajstić information content (AvgIpc) is 2.98. The molecule has 0 spiro atoms. The lowest BCUT2D eigenvalue weighted by Crippen LogP contribution is -2.37. The summed E-state index contributed by atoms with van der Waals surface area (Å²) in [5, 5.41) is 0. The second kappa shape index (κ2) is 6.60. The Labute approximate surface area is 177 Å². The van der Waals surface area contributed by atoms with E-state index in [0.29, 0.717) is 12.3 Å². The number of allylic oxidation sites excluding steroid dienone is 2. The quantitative estimate of drug-likeness (QED) is 0.638. The molecule has 0 N–H and O–H groups in total. The zero-order valence-corrected chi connectivity index (χ0v) is 18.0. The Morgan fingerprint density at radius 1 is 0.900 bits per heavy atom. The molecule has 30 heavy (non-hydrogen) atoms. The summed E-state index contributed by atoms with van der Waals surface area (Å²) in [6.07, 6.45) is 1.27. The van der Waals surface area contributed by atoms with Crippen molar-refractivity contribution >= 4 is 17.3 Å². The highest BCUT2D eigenvalue weighted by atomic mass is 16.1. The Hall–Kier alpha value is -2.81. The number of ketones is 2. The molecule has 0 bridgehead atoms. The first-order valence-electron chi connectivity index (χ1n) is 10.8. The fraction of sp³-hybridized carbons (Fsp3) is 0.370. The normalized spacial score (nSPS) is 24.5. The van der Waals surface area contributed by atoms with Gasteiger partial charge >= 0.3 is 0 Å². The van der Waals surface area contributed by atoms with Gasteiger partial charge in [-0.3, -0.25) is 14.6 Å². The Bertz CT molecular complexity index is 1130. The SMILES string of the molecule is CC(C)c1ccc(C2C3=C(CC(C)(C)CC3=O)N=C3c4ccccc4C(=O)C32)cc1. The van der Waals surface area contributed by atoms with Gasteiger partial charge in [0.25, 0.3) is 0 Å². The third kappa shape index (κ3) is 2.83. The molecule has 1 heterocycles. The lowest BCUT2D eigenvalue weighted by Gasteiger charge is -2.38. The topological polar surface area (TPSA) is 46.5 Å². The van der Waals surface area contributed by atoms with Crippen LogP contribution in [-0.4, -0.2) is 17.3 Å². The van der Waals surface area contributed by atoms with E-state index in [4.69, 9.17) is 4.99 Å². The van der Waals surface area contributed by atoms with Crippen molar-refractivity contribution in [2.75, 3.05) is 0 Å². The second-order valence-corrected chi connectivity index (χ2v) is 9.98. The van der Waals surface area contributed by atoms with Crippen molar-refractivity contribution in [1.82, 2.24) is 0 Å². The minimum atomic E-state index is -0.406. The van der Waals surface area contributed by atoms with Gasteiger partial charge in [0.2, 0.25) is 0 Å². The minimum absolute atomic E-state index is 0.0893. The smallest absolute Gasteiger partial charge is 0.173 e. The van der Waals surface area contributed by atoms with Crippen molar-refractivity contribution < 1.29 is 9.59 Å². The van der Waals surface area contributed by atoms with Crippen LogP contribution in [0.25, 0.3) is 0 Å². The van der Waals surface area contributed by atoms with E-state index in [9.17, 15) is 9.59 Å². The number of carbonyl (C=O) groups excluding carboxylic acids is 2. The predicted molar refractivity (Wildman–Crippen MR) is 119 cm³/mol. The van der Waals surface area contributed by atoms with Crippen LogP contribution in [0.3, 0.4) is 0 Å². The molecule has 0 aromatic heterocycles. The summed E-state index contributed by atoms with van der Waals surface area (Å²) in [6, 6.07) is 16.2.